The Hall–Kier alpha value is -5.44. The van der Waals surface area contributed by atoms with E-state index in [1.165, 1.54) is 12.7 Å². The first kappa shape index (κ1) is 53.2. The summed E-state index contributed by atoms with van der Waals surface area (Å²) >= 11 is 0. The first-order valence-corrected chi connectivity index (χ1v) is 23.5. The number of carbonyl (C=O) groups is 3. The summed E-state index contributed by atoms with van der Waals surface area (Å²) < 4.78 is 45.4. The van der Waals surface area contributed by atoms with Gasteiger partial charge in [0.25, 0.3) is 0 Å². The fourth-order valence-electron chi connectivity index (χ4n) is 7.06. The maximum atomic E-state index is 12.5. The highest BCUT2D eigenvalue weighted by atomic mass is 16.6. The second-order valence-corrected chi connectivity index (χ2v) is 16.9. The molecule has 2 unspecified atom stereocenters. The molecular formula is C52H73N3O11. The van der Waals surface area contributed by atoms with Crippen molar-refractivity contribution in [3.05, 3.63) is 108 Å². The van der Waals surface area contributed by atoms with Crippen LogP contribution in [0.5, 0.6) is 11.5 Å². The smallest absolute Gasteiger partial charge is 0.407 e. The quantitative estimate of drug-likeness (QED) is 0.0455. The molecule has 362 valence electrons. The molecule has 0 saturated heterocycles. The van der Waals surface area contributed by atoms with Crippen LogP contribution in [0.1, 0.15) is 102 Å². The van der Waals surface area contributed by atoms with Gasteiger partial charge in [-0.25, -0.2) is 9.79 Å². The number of rotatable bonds is 32. The summed E-state index contributed by atoms with van der Waals surface area (Å²) in [5.74, 6) is 1.95. The Morgan fingerprint density at radius 3 is 1.82 bits per heavy atom. The van der Waals surface area contributed by atoms with Gasteiger partial charge in [0.15, 0.2) is 0 Å². The zero-order valence-electron chi connectivity index (χ0n) is 39.8. The lowest BCUT2D eigenvalue weighted by Crippen LogP contribution is -2.33. The highest BCUT2D eigenvalue weighted by Gasteiger charge is 2.28. The minimum Gasteiger partial charge on any atom is -0.493 e. The topological polar surface area (TPSA) is 161 Å². The molecule has 4 rings (SSSR count). The van der Waals surface area contributed by atoms with Crippen molar-refractivity contribution in [3.63, 3.8) is 0 Å². The van der Waals surface area contributed by atoms with Crippen molar-refractivity contribution in [2.75, 3.05) is 79.7 Å². The predicted molar refractivity (Wildman–Crippen MR) is 255 cm³/mol. The fourth-order valence-corrected chi connectivity index (χ4v) is 7.06. The Morgan fingerprint density at radius 1 is 0.621 bits per heavy atom. The Kier molecular flexibility index (Phi) is 24.7. The molecule has 3 aromatic rings. The number of nitrogens with zero attached hydrogens (tertiary/aromatic N) is 1. The molecule has 2 amide bonds. The molecule has 0 saturated carbocycles. The molecule has 1 aliphatic heterocycles. The molecule has 3 aromatic carbocycles. The van der Waals surface area contributed by atoms with Gasteiger partial charge in [-0.1, -0.05) is 73.7 Å². The lowest BCUT2D eigenvalue weighted by atomic mass is 9.80. The summed E-state index contributed by atoms with van der Waals surface area (Å²) in [5.41, 5.74) is 3.66. The molecule has 0 aliphatic carbocycles. The van der Waals surface area contributed by atoms with E-state index < -0.39 is 11.7 Å². The van der Waals surface area contributed by atoms with Crippen molar-refractivity contribution in [2.24, 2.45) is 10.9 Å². The van der Waals surface area contributed by atoms with Gasteiger partial charge in [-0.05, 0) is 95.1 Å². The van der Waals surface area contributed by atoms with Gasteiger partial charge >= 0.3 is 12.1 Å². The molecule has 0 aromatic heterocycles. The third-order valence-corrected chi connectivity index (χ3v) is 10.4. The third kappa shape index (κ3) is 21.2. The number of aliphatic imine (C=N–C) groups is 1. The molecule has 0 spiro atoms. The van der Waals surface area contributed by atoms with Gasteiger partial charge in [-0.15, -0.1) is 0 Å². The first-order chi connectivity index (χ1) is 32.0. The van der Waals surface area contributed by atoms with E-state index in [-0.39, 0.29) is 30.1 Å². The van der Waals surface area contributed by atoms with E-state index in [9.17, 15) is 14.4 Å². The van der Waals surface area contributed by atoms with Gasteiger partial charge in [-0.2, -0.15) is 0 Å². The average Bonchev–Trinajstić information content (AvgIpc) is 3.31. The lowest BCUT2D eigenvalue weighted by Gasteiger charge is -2.28. The Bertz CT molecular complexity index is 1920. The van der Waals surface area contributed by atoms with Crippen LogP contribution < -0.4 is 20.1 Å². The number of nitrogens with one attached hydrogen (secondary N) is 2. The van der Waals surface area contributed by atoms with E-state index >= 15 is 0 Å². The molecule has 66 heavy (non-hydrogen) atoms. The molecule has 1 aliphatic rings. The van der Waals surface area contributed by atoms with Crippen molar-refractivity contribution in [1.82, 2.24) is 10.6 Å². The molecule has 2 N–H and O–H groups in total. The van der Waals surface area contributed by atoms with Crippen LogP contribution in [0.4, 0.5) is 4.79 Å². The van der Waals surface area contributed by atoms with Crippen LogP contribution in [0.3, 0.4) is 0 Å². The number of methoxy groups -OCH3 is 1. The third-order valence-electron chi connectivity index (χ3n) is 10.4. The molecule has 2 atom stereocenters. The first-order valence-electron chi connectivity index (χ1n) is 23.5. The summed E-state index contributed by atoms with van der Waals surface area (Å²) in [6.07, 6.45) is 7.08. The minimum atomic E-state index is -0.516. The second-order valence-electron chi connectivity index (χ2n) is 16.9. The zero-order valence-corrected chi connectivity index (χ0v) is 39.8. The average molecular weight is 916 g/mol. The molecule has 14 heteroatoms. The highest BCUT2D eigenvalue weighted by Crippen LogP contribution is 2.35. The number of alkyl carbamates (subject to hydrolysis) is 1. The number of hydrogen-bond acceptors (Lipinski definition) is 12. The van der Waals surface area contributed by atoms with Gasteiger partial charge in [0, 0.05) is 56.5 Å². The van der Waals surface area contributed by atoms with E-state index in [1.54, 1.807) is 0 Å². The SMILES string of the molecule is COC(=O)CCc1c(OCCCCCOC2=CC(c3ccccc3)C(C)C(c3ccccc3)=N2)cccc1OCCCC(=O)NCCCOCCOCCOCCCNC(=O)OC(C)(C)C. The fraction of sp³-hybridized carbons (Fsp3) is 0.538. The zero-order chi connectivity index (χ0) is 47.2. The van der Waals surface area contributed by atoms with E-state index in [0.717, 1.165) is 36.1 Å². The van der Waals surface area contributed by atoms with Gasteiger partial charge < -0.3 is 48.5 Å². The molecular weight excluding hydrogens is 843 g/mol. The standard InChI is InChI=1S/C52H73N3O11/c1-40-44(41-19-9-6-10-20-41)39-48(55-50(40)42-21-11-7-12-22-42)65-33-14-8-13-32-63-45-23-15-24-46(43(45)26-27-49(57)59-5)64-34-16-25-47(56)53-28-17-30-60-35-37-62-38-36-61-31-18-29-54-51(58)66-52(2,3)4/h6-7,9-12,15,19-24,39-40,44H,8,13-14,16-18,25-38H2,1-5H3,(H,53,56)(H,54,58). The van der Waals surface area contributed by atoms with Gasteiger partial charge in [0.2, 0.25) is 11.8 Å². The van der Waals surface area contributed by atoms with Crippen molar-refractivity contribution in [1.29, 1.82) is 0 Å². The molecule has 14 nitrogen and oxygen atoms in total. The number of esters is 1. The van der Waals surface area contributed by atoms with Crippen LogP contribution >= 0.6 is 0 Å². The highest BCUT2D eigenvalue weighted by molar-refractivity contribution is 6.03. The van der Waals surface area contributed by atoms with Crippen molar-refractivity contribution in [2.45, 2.75) is 97.0 Å². The number of amides is 2. The van der Waals surface area contributed by atoms with Crippen molar-refractivity contribution >= 4 is 23.7 Å². The van der Waals surface area contributed by atoms with Crippen molar-refractivity contribution in [3.8, 4) is 11.5 Å². The van der Waals surface area contributed by atoms with Crippen LogP contribution in [0.25, 0.3) is 0 Å². The summed E-state index contributed by atoms with van der Waals surface area (Å²) in [6.45, 7) is 12.9. The van der Waals surface area contributed by atoms with E-state index in [0.29, 0.717) is 122 Å². The number of unbranched alkanes of at least 4 members (excludes halogenated alkanes) is 2. The van der Waals surface area contributed by atoms with Crippen LogP contribution in [0.15, 0.2) is 95.8 Å². The molecule has 0 fully saturated rings. The predicted octanol–water partition coefficient (Wildman–Crippen LogP) is 8.75. The summed E-state index contributed by atoms with van der Waals surface area (Å²) in [7, 11) is 1.38. The van der Waals surface area contributed by atoms with Crippen LogP contribution in [-0.4, -0.2) is 109 Å². The maximum absolute atomic E-state index is 12.5. The second kappa shape index (κ2) is 30.7. The van der Waals surface area contributed by atoms with E-state index in [1.807, 2.05) is 63.2 Å². The number of ether oxygens (including phenoxy) is 8. The number of benzene rings is 3. The largest absolute Gasteiger partial charge is 0.493 e. The molecule has 1 heterocycles. The van der Waals surface area contributed by atoms with E-state index in [2.05, 4.69) is 60.0 Å². The Labute approximate surface area is 392 Å². The van der Waals surface area contributed by atoms with Gasteiger partial charge in [-0.3, -0.25) is 9.59 Å². The summed E-state index contributed by atoms with van der Waals surface area (Å²) in [6, 6.07) is 26.5. The van der Waals surface area contributed by atoms with Gasteiger partial charge in [0.1, 0.15) is 17.1 Å². The maximum Gasteiger partial charge on any atom is 0.407 e. The summed E-state index contributed by atoms with van der Waals surface area (Å²) in [4.78, 5) is 41.1. The minimum absolute atomic E-state index is 0.0536. The monoisotopic (exact) mass is 916 g/mol. The van der Waals surface area contributed by atoms with Crippen LogP contribution in [0, 0.1) is 5.92 Å². The number of allylic oxidation sites excluding steroid dienone is 1. The van der Waals surface area contributed by atoms with Crippen LogP contribution in [-0.2, 0) is 44.4 Å². The number of hydrogen-bond donors (Lipinski definition) is 2. The Balaban J connectivity index is 1.07. The summed E-state index contributed by atoms with van der Waals surface area (Å²) in [5, 5.41) is 5.63. The lowest BCUT2D eigenvalue weighted by molar-refractivity contribution is -0.140. The molecule has 0 bridgehead atoms. The Morgan fingerprint density at radius 2 is 1.20 bits per heavy atom. The van der Waals surface area contributed by atoms with Crippen molar-refractivity contribution < 1.29 is 52.3 Å². The van der Waals surface area contributed by atoms with Crippen LogP contribution in [0.2, 0.25) is 0 Å². The van der Waals surface area contributed by atoms with Gasteiger partial charge in [0.05, 0.1) is 59.1 Å². The normalized spacial score (nSPS) is 14.7. The molecule has 0 radical (unpaired) electrons. The van der Waals surface area contributed by atoms with E-state index in [4.69, 9.17) is 42.9 Å². The number of carbonyl (C=O) groups excluding carboxylic acids is 3.